The number of hydrogen-bond acceptors (Lipinski definition) is 3. The van der Waals surface area contributed by atoms with Crippen LogP contribution in [0.2, 0.25) is 0 Å². The molecule has 1 saturated carbocycles. The Hall–Kier alpha value is -1.13. The first-order valence-corrected chi connectivity index (χ1v) is 9.42. The molecule has 0 aromatic carbocycles. The number of carbonyl (C=O) groups is 1. The average Bonchev–Trinajstić information content (AvgIpc) is 3.20. The van der Waals surface area contributed by atoms with Gasteiger partial charge in [0, 0.05) is 15.7 Å². The zero-order valence-electron chi connectivity index (χ0n) is 12.2. The van der Waals surface area contributed by atoms with Crippen molar-refractivity contribution in [2.75, 3.05) is 0 Å². The van der Waals surface area contributed by atoms with Gasteiger partial charge in [0.25, 0.3) is 0 Å². The molecule has 21 heavy (non-hydrogen) atoms. The molecule has 0 unspecified atom stereocenters. The van der Waals surface area contributed by atoms with Crippen molar-refractivity contribution in [3.05, 3.63) is 44.8 Å². The van der Waals surface area contributed by atoms with Gasteiger partial charge >= 0.3 is 0 Å². The van der Waals surface area contributed by atoms with E-state index in [9.17, 15) is 4.79 Å². The van der Waals surface area contributed by atoms with Gasteiger partial charge in [-0.3, -0.25) is 4.79 Å². The first kappa shape index (κ1) is 14.8. The van der Waals surface area contributed by atoms with Crippen LogP contribution < -0.4 is 0 Å². The maximum atomic E-state index is 12.9. The van der Waals surface area contributed by atoms with Crippen molar-refractivity contribution >= 4 is 28.6 Å². The summed E-state index contributed by atoms with van der Waals surface area (Å²) in [6, 6.07) is 8.38. The van der Waals surface area contributed by atoms with E-state index in [0.717, 1.165) is 25.9 Å². The van der Waals surface area contributed by atoms with Gasteiger partial charge in [0.15, 0.2) is 0 Å². The molecule has 1 aliphatic carbocycles. The molecule has 0 saturated heterocycles. The fraction of sp³-hybridized carbons (Fsp3) is 0.471. The number of nitrogens with zero attached hydrogens (tertiary/aromatic N) is 1. The topological polar surface area (TPSA) is 20.3 Å². The van der Waals surface area contributed by atoms with E-state index < -0.39 is 0 Å². The van der Waals surface area contributed by atoms with Crippen molar-refractivity contribution in [3.63, 3.8) is 0 Å². The Morgan fingerprint density at radius 2 is 1.57 bits per heavy atom. The summed E-state index contributed by atoms with van der Waals surface area (Å²) in [5, 5.41) is 4.17. The zero-order chi connectivity index (χ0) is 14.5. The molecule has 1 amide bonds. The molecular weight excluding hydrogens is 298 g/mol. The van der Waals surface area contributed by atoms with Gasteiger partial charge in [-0.05, 0) is 35.7 Å². The van der Waals surface area contributed by atoms with Crippen LogP contribution in [0.25, 0.3) is 0 Å². The van der Waals surface area contributed by atoms with E-state index in [1.54, 1.807) is 22.7 Å². The Morgan fingerprint density at radius 3 is 2.05 bits per heavy atom. The molecule has 3 rings (SSSR count). The Morgan fingerprint density at radius 1 is 1.00 bits per heavy atom. The summed E-state index contributed by atoms with van der Waals surface area (Å²) in [6.45, 7) is 1.51. The second-order valence-electron chi connectivity index (χ2n) is 5.69. The third-order valence-corrected chi connectivity index (χ3v) is 5.84. The summed E-state index contributed by atoms with van der Waals surface area (Å²) in [7, 11) is 0. The normalized spacial score (nSPS) is 16.0. The summed E-state index contributed by atoms with van der Waals surface area (Å²) >= 11 is 3.47. The molecule has 0 spiro atoms. The monoisotopic (exact) mass is 319 g/mol. The molecule has 0 N–H and O–H groups in total. The van der Waals surface area contributed by atoms with Crippen LogP contribution in [0, 0.1) is 5.92 Å². The van der Waals surface area contributed by atoms with E-state index >= 15 is 0 Å². The van der Waals surface area contributed by atoms with Crippen LogP contribution in [-0.2, 0) is 17.9 Å². The van der Waals surface area contributed by atoms with Crippen molar-refractivity contribution in [1.29, 1.82) is 0 Å². The summed E-state index contributed by atoms with van der Waals surface area (Å²) in [6.07, 6.45) is 5.86. The Kier molecular flexibility index (Phi) is 5.09. The van der Waals surface area contributed by atoms with E-state index in [2.05, 4.69) is 39.9 Å². The minimum Gasteiger partial charge on any atom is -0.332 e. The van der Waals surface area contributed by atoms with Gasteiger partial charge < -0.3 is 4.90 Å². The highest BCUT2D eigenvalue weighted by molar-refractivity contribution is 7.10. The third kappa shape index (κ3) is 3.95. The quantitative estimate of drug-likeness (QED) is 0.766. The van der Waals surface area contributed by atoms with Crippen LogP contribution in [0.4, 0.5) is 0 Å². The number of hydrogen-bond donors (Lipinski definition) is 0. The molecule has 2 aromatic heterocycles. The minimum atomic E-state index is 0.249. The van der Waals surface area contributed by atoms with Crippen LogP contribution >= 0.6 is 22.7 Å². The van der Waals surface area contributed by atoms with Crippen molar-refractivity contribution in [2.24, 2.45) is 5.92 Å². The summed E-state index contributed by atoms with van der Waals surface area (Å²) in [5.74, 6) is 0.607. The first-order valence-electron chi connectivity index (χ1n) is 7.66. The van der Waals surface area contributed by atoms with Crippen LogP contribution in [-0.4, -0.2) is 10.8 Å². The fourth-order valence-electron chi connectivity index (χ4n) is 3.00. The van der Waals surface area contributed by atoms with Crippen molar-refractivity contribution in [3.8, 4) is 0 Å². The van der Waals surface area contributed by atoms with Crippen LogP contribution in [0.1, 0.15) is 41.9 Å². The van der Waals surface area contributed by atoms with Gasteiger partial charge in [-0.25, -0.2) is 0 Å². The van der Waals surface area contributed by atoms with E-state index in [4.69, 9.17) is 0 Å². The zero-order valence-corrected chi connectivity index (χ0v) is 13.8. The predicted molar refractivity (Wildman–Crippen MR) is 89.5 cm³/mol. The summed E-state index contributed by atoms with van der Waals surface area (Å²) in [5.41, 5.74) is 0. The highest BCUT2D eigenvalue weighted by Crippen LogP contribution is 2.27. The van der Waals surface area contributed by atoms with Gasteiger partial charge in [0.1, 0.15) is 0 Å². The van der Waals surface area contributed by atoms with Gasteiger partial charge in [-0.1, -0.05) is 31.4 Å². The lowest BCUT2D eigenvalue weighted by molar-refractivity contribution is -0.137. The highest BCUT2D eigenvalue weighted by Gasteiger charge is 2.26. The van der Waals surface area contributed by atoms with Gasteiger partial charge in [0.05, 0.1) is 13.1 Å². The van der Waals surface area contributed by atoms with Crippen LogP contribution in [0.3, 0.4) is 0 Å². The lowest BCUT2D eigenvalue weighted by atomic mass is 9.88. The molecule has 2 aromatic rings. The molecule has 2 nitrogen and oxygen atoms in total. The summed E-state index contributed by atoms with van der Waals surface area (Å²) < 4.78 is 0. The van der Waals surface area contributed by atoms with E-state index in [0.29, 0.717) is 5.91 Å². The van der Waals surface area contributed by atoms with Crippen LogP contribution in [0.15, 0.2) is 35.0 Å². The Labute approximate surface area is 134 Å². The lowest BCUT2D eigenvalue weighted by Crippen LogP contribution is -2.35. The Bertz CT molecular complexity index is 505. The molecule has 2 heterocycles. The second-order valence-corrected chi connectivity index (χ2v) is 7.75. The SMILES string of the molecule is O=C(C1CCCCC1)N(Cc1cccs1)Cc1cccs1. The molecule has 112 valence electrons. The molecule has 4 heteroatoms. The number of amides is 1. The number of thiophene rings is 2. The van der Waals surface area contributed by atoms with E-state index in [-0.39, 0.29) is 5.92 Å². The molecular formula is C17H21NOS2. The maximum Gasteiger partial charge on any atom is 0.226 e. The predicted octanol–water partition coefficient (Wildman–Crippen LogP) is 4.92. The molecule has 0 aliphatic heterocycles. The second kappa shape index (κ2) is 7.23. The molecule has 1 fully saturated rings. The minimum absolute atomic E-state index is 0.249. The molecule has 1 aliphatic rings. The molecule has 0 radical (unpaired) electrons. The van der Waals surface area contributed by atoms with Gasteiger partial charge in [-0.15, -0.1) is 22.7 Å². The average molecular weight is 319 g/mol. The highest BCUT2D eigenvalue weighted by atomic mass is 32.1. The van der Waals surface area contributed by atoms with Gasteiger partial charge in [-0.2, -0.15) is 0 Å². The van der Waals surface area contributed by atoms with Crippen molar-refractivity contribution < 1.29 is 4.79 Å². The molecule has 0 atom stereocenters. The maximum absolute atomic E-state index is 12.9. The smallest absolute Gasteiger partial charge is 0.226 e. The summed E-state index contributed by atoms with van der Waals surface area (Å²) in [4.78, 5) is 17.5. The van der Waals surface area contributed by atoms with Crippen molar-refractivity contribution in [1.82, 2.24) is 4.90 Å². The number of carbonyl (C=O) groups excluding carboxylic acids is 1. The fourth-order valence-corrected chi connectivity index (χ4v) is 4.44. The third-order valence-electron chi connectivity index (χ3n) is 4.12. The van der Waals surface area contributed by atoms with Crippen LogP contribution in [0.5, 0.6) is 0 Å². The van der Waals surface area contributed by atoms with Gasteiger partial charge in [0.2, 0.25) is 5.91 Å². The standard InChI is InChI=1S/C17H21NOS2/c19-17(14-6-2-1-3-7-14)18(12-15-8-4-10-20-15)13-16-9-5-11-21-16/h4-5,8-11,14H,1-3,6-7,12-13H2. The van der Waals surface area contributed by atoms with E-state index in [1.807, 2.05) is 0 Å². The van der Waals surface area contributed by atoms with E-state index in [1.165, 1.54) is 29.0 Å². The lowest BCUT2D eigenvalue weighted by Gasteiger charge is -2.29. The largest absolute Gasteiger partial charge is 0.332 e. The first-order chi connectivity index (χ1) is 10.3. The van der Waals surface area contributed by atoms with Crippen molar-refractivity contribution in [2.45, 2.75) is 45.2 Å². The molecule has 0 bridgehead atoms. The Balaban J connectivity index is 1.72. The number of rotatable bonds is 5.